The second-order valence-electron chi connectivity index (χ2n) is 11.8. The number of hydrogen-bond acceptors (Lipinski definition) is 12. The second kappa shape index (κ2) is 18.6. The Morgan fingerprint density at radius 1 is 0.569 bits per heavy atom. The van der Waals surface area contributed by atoms with Crippen LogP contribution in [-0.2, 0) is 17.8 Å². The van der Waals surface area contributed by atoms with Crippen molar-refractivity contribution in [2.24, 2.45) is 0 Å². The molecule has 0 saturated carbocycles. The average Bonchev–Trinajstić information content (AvgIpc) is 3.92. The molecule has 302 valence electrons. The normalized spacial score (nSPS) is 11.1. The van der Waals surface area contributed by atoms with Gasteiger partial charge in [-0.15, -0.1) is 0 Å². The molecule has 0 atom stereocenters. The summed E-state index contributed by atoms with van der Waals surface area (Å²) >= 11 is 0. The number of benzene rings is 3. The van der Waals surface area contributed by atoms with Crippen LogP contribution in [0.3, 0.4) is 0 Å². The number of halogens is 6. The SMILES string of the molecule is CCOc1cc(N(Cc2cnc[nH]2)c2ccc(C(=O)OC(=O)c3cncc(N(Cc4cnc[nH]4)c4ccc(OC(F)F)c(OC(F)F)c4)c3)cc2)ccc1OC(F)F. The molecular weight excluding hydrogens is 780 g/mol. The van der Waals surface area contributed by atoms with Gasteiger partial charge in [0.05, 0.1) is 66.8 Å². The smallest absolute Gasteiger partial charge is 0.387 e. The Morgan fingerprint density at radius 2 is 1.07 bits per heavy atom. The molecule has 6 rings (SSSR count). The molecule has 20 heteroatoms. The summed E-state index contributed by atoms with van der Waals surface area (Å²) in [4.78, 5) is 47.8. The van der Waals surface area contributed by atoms with E-state index < -0.39 is 43.3 Å². The summed E-state index contributed by atoms with van der Waals surface area (Å²) in [6.07, 6.45) is 8.43. The summed E-state index contributed by atoms with van der Waals surface area (Å²) < 4.78 is 103. The Bertz CT molecular complexity index is 2280. The van der Waals surface area contributed by atoms with Gasteiger partial charge in [-0.1, -0.05) is 0 Å². The Kier molecular flexibility index (Phi) is 13.0. The van der Waals surface area contributed by atoms with Crippen LogP contribution < -0.4 is 28.7 Å². The maximum Gasteiger partial charge on any atom is 0.387 e. The van der Waals surface area contributed by atoms with Crippen molar-refractivity contribution in [2.45, 2.75) is 39.8 Å². The number of carbonyl (C=O) groups excluding carboxylic acids is 2. The highest BCUT2D eigenvalue weighted by Crippen LogP contribution is 2.39. The molecule has 0 bridgehead atoms. The molecule has 0 aliphatic heterocycles. The zero-order chi connectivity index (χ0) is 41.2. The van der Waals surface area contributed by atoms with Crippen LogP contribution in [0.4, 0.5) is 49.1 Å². The number of anilines is 4. The van der Waals surface area contributed by atoms with Crippen LogP contribution in [0.2, 0.25) is 0 Å². The third kappa shape index (κ3) is 10.3. The number of pyridine rings is 1. The molecule has 14 nitrogen and oxygen atoms in total. The van der Waals surface area contributed by atoms with Crippen molar-refractivity contribution < 1.29 is 59.6 Å². The average molecular weight is 812 g/mol. The van der Waals surface area contributed by atoms with Crippen LogP contribution in [0.1, 0.15) is 39.0 Å². The van der Waals surface area contributed by atoms with Crippen molar-refractivity contribution in [2.75, 3.05) is 16.4 Å². The summed E-state index contributed by atoms with van der Waals surface area (Å²) in [5, 5.41) is 0. The first kappa shape index (κ1) is 40.4. The monoisotopic (exact) mass is 811 g/mol. The lowest BCUT2D eigenvalue weighted by atomic mass is 10.1. The van der Waals surface area contributed by atoms with Crippen molar-refractivity contribution in [3.05, 3.63) is 127 Å². The predicted molar refractivity (Wildman–Crippen MR) is 193 cm³/mol. The predicted octanol–water partition coefficient (Wildman–Crippen LogP) is 8.40. The van der Waals surface area contributed by atoms with Crippen molar-refractivity contribution >= 4 is 34.7 Å². The molecule has 0 spiro atoms. The number of H-pyrrole nitrogens is 2. The summed E-state index contributed by atoms with van der Waals surface area (Å²) in [7, 11) is 0. The van der Waals surface area contributed by atoms with E-state index in [1.165, 1.54) is 66.3 Å². The number of ether oxygens (including phenoxy) is 5. The summed E-state index contributed by atoms with van der Waals surface area (Å²) in [6, 6.07) is 15.1. The van der Waals surface area contributed by atoms with E-state index in [1.54, 1.807) is 36.2 Å². The number of nitrogens with zero attached hydrogens (tertiary/aromatic N) is 5. The van der Waals surface area contributed by atoms with Gasteiger partial charge in [0.25, 0.3) is 0 Å². The Hall–Kier alpha value is -7.25. The Labute approximate surface area is 324 Å². The van der Waals surface area contributed by atoms with Crippen LogP contribution in [0.15, 0.2) is 104 Å². The Morgan fingerprint density at radius 3 is 1.60 bits per heavy atom. The number of carbonyl (C=O) groups is 2. The van der Waals surface area contributed by atoms with Gasteiger partial charge in [-0.3, -0.25) is 4.98 Å². The van der Waals surface area contributed by atoms with E-state index in [1.807, 2.05) is 0 Å². The largest absolute Gasteiger partial charge is 0.490 e. The fraction of sp³-hybridized carbons (Fsp3) is 0.184. The van der Waals surface area contributed by atoms with Gasteiger partial charge < -0.3 is 43.5 Å². The molecule has 3 heterocycles. The molecule has 0 unspecified atom stereocenters. The molecule has 0 fully saturated rings. The van der Waals surface area contributed by atoms with E-state index >= 15 is 0 Å². The Balaban J connectivity index is 1.23. The van der Waals surface area contributed by atoms with Crippen molar-refractivity contribution in [1.82, 2.24) is 24.9 Å². The molecule has 58 heavy (non-hydrogen) atoms. The third-order valence-corrected chi connectivity index (χ3v) is 8.06. The first-order chi connectivity index (χ1) is 28.0. The standard InChI is InChI=1S/C38H31F6N7O7/c1-2-54-32-12-27(7-9-30(32)55-36(39)40)50(18-24-15-46-20-48-24)26-5-3-22(4-6-26)34(52)58-35(53)23-11-29(17-45-14-23)51(19-25-16-47-21-49-25)28-8-10-31(56-37(41)42)33(13-28)57-38(43)44/h3-17,20-21,36-38H,2,18-19H2,1H3,(H,46,48)(H,47,49). The van der Waals surface area contributed by atoms with Crippen LogP contribution >= 0.6 is 0 Å². The number of imidazole rings is 2. The molecule has 0 aliphatic rings. The van der Waals surface area contributed by atoms with Gasteiger partial charge in [0, 0.05) is 47.8 Å². The molecule has 3 aromatic heterocycles. The molecule has 0 amide bonds. The minimum atomic E-state index is -3.37. The second-order valence-corrected chi connectivity index (χ2v) is 11.8. The lowest BCUT2D eigenvalue weighted by molar-refractivity contribution is -0.0692. The first-order valence-electron chi connectivity index (χ1n) is 17.0. The van der Waals surface area contributed by atoms with E-state index in [0.717, 1.165) is 18.3 Å². The zero-order valence-corrected chi connectivity index (χ0v) is 30.0. The number of aromatic nitrogens is 5. The molecule has 6 aromatic rings. The van der Waals surface area contributed by atoms with Crippen molar-refractivity contribution in [3.63, 3.8) is 0 Å². The number of aromatic amines is 2. The number of alkyl halides is 6. The van der Waals surface area contributed by atoms with Crippen LogP contribution in [0.5, 0.6) is 23.0 Å². The lowest BCUT2D eigenvalue weighted by Crippen LogP contribution is -2.19. The number of esters is 2. The molecule has 2 N–H and O–H groups in total. The topological polar surface area (TPSA) is 157 Å². The maximum atomic E-state index is 13.3. The van der Waals surface area contributed by atoms with Crippen LogP contribution in [0, 0.1) is 0 Å². The molecule has 0 aliphatic carbocycles. The van der Waals surface area contributed by atoms with Gasteiger partial charge in [0.1, 0.15) is 0 Å². The van der Waals surface area contributed by atoms with E-state index in [-0.39, 0.29) is 53.7 Å². The summed E-state index contributed by atoms with van der Waals surface area (Å²) in [5.41, 5.74) is 2.45. The highest BCUT2D eigenvalue weighted by molar-refractivity contribution is 6.03. The van der Waals surface area contributed by atoms with Gasteiger partial charge in [-0.2, -0.15) is 26.3 Å². The molecule has 3 aromatic carbocycles. The molecule has 0 saturated heterocycles. The zero-order valence-electron chi connectivity index (χ0n) is 30.0. The number of rotatable bonds is 18. The molecule has 0 radical (unpaired) electrons. The van der Waals surface area contributed by atoms with E-state index in [4.69, 9.17) is 9.47 Å². The third-order valence-electron chi connectivity index (χ3n) is 8.06. The minimum Gasteiger partial charge on any atom is -0.490 e. The van der Waals surface area contributed by atoms with Gasteiger partial charge in [0.15, 0.2) is 23.0 Å². The number of nitrogens with one attached hydrogen (secondary N) is 2. The highest BCUT2D eigenvalue weighted by Gasteiger charge is 2.23. The van der Waals surface area contributed by atoms with Gasteiger partial charge in [0.2, 0.25) is 0 Å². The fourth-order valence-electron chi connectivity index (χ4n) is 5.59. The van der Waals surface area contributed by atoms with Gasteiger partial charge in [-0.25, -0.2) is 19.6 Å². The maximum absolute atomic E-state index is 13.3. The van der Waals surface area contributed by atoms with E-state index in [2.05, 4.69) is 39.1 Å². The lowest BCUT2D eigenvalue weighted by Gasteiger charge is -2.26. The molecular formula is C38H31F6N7O7. The number of hydrogen-bond donors (Lipinski definition) is 2. The van der Waals surface area contributed by atoms with Gasteiger partial charge in [-0.05, 0) is 61.5 Å². The van der Waals surface area contributed by atoms with Crippen LogP contribution in [-0.4, -0.2) is 63.3 Å². The summed E-state index contributed by atoms with van der Waals surface area (Å²) in [5.74, 6) is -3.48. The highest BCUT2D eigenvalue weighted by atomic mass is 19.3. The first-order valence-corrected chi connectivity index (χ1v) is 17.0. The van der Waals surface area contributed by atoms with Crippen LogP contribution in [0.25, 0.3) is 0 Å². The van der Waals surface area contributed by atoms with E-state index in [0.29, 0.717) is 22.8 Å². The quantitative estimate of drug-likeness (QED) is 0.0486. The van der Waals surface area contributed by atoms with Crippen molar-refractivity contribution in [3.8, 4) is 23.0 Å². The fourth-order valence-corrected chi connectivity index (χ4v) is 5.59. The van der Waals surface area contributed by atoms with Gasteiger partial charge >= 0.3 is 31.8 Å². The van der Waals surface area contributed by atoms with E-state index in [9.17, 15) is 35.9 Å². The minimum absolute atomic E-state index is 0.00284. The summed E-state index contributed by atoms with van der Waals surface area (Å²) in [6.45, 7) is -7.66. The van der Waals surface area contributed by atoms with Crippen molar-refractivity contribution in [1.29, 1.82) is 0 Å².